The van der Waals surface area contributed by atoms with Gasteiger partial charge in [0.2, 0.25) is 0 Å². The van der Waals surface area contributed by atoms with E-state index in [0.29, 0.717) is 6.04 Å². The average molecular weight is 235 g/mol. The van der Waals surface area contributed by atoms with Gasteiger partial charge in [-0.2, -0.15) is 0 Å². The topological polar surface area (TPSA) is 50.5 Å². The first-order valence-corrected chi connectivity index (χ1v) is 6.07. The second-order valence-corrected chi connectivity index (χ2v) is 4.72. The van der Waals surface area contributed by atoms with Crippen molar-refractivity contribution >= 4 is 11.4 Å². The van der Waals surface area contributed by atoms with Crippen LogP contribution in [0.15, 0.2) is 18.2 Å². The van der Waals surface area contributed by atoms with Crippen LogP contribution < -0.4 is 15.8 Å². The third-order valence-electron chi connectivity index (χ3n) is 3.25. The molecule has 1 aromatic carbocycles. The van der Waals surface area contributed by atoms with Crippen molar-refractivity contribution in [2.75, 3.05) is 38.3 Å². The van der Waals surface area contributed by atoms with E-state index in [4.69, 9.17) is 10.5 Å². The number of ether oxygens (including phenoxy) is 1. The highest BCUT2D eigenvalue weighted by atomic mass is 16.5. The molecule has 0 radical (unpaired) electrons. The lowest BCUT2D eigenvalue weighted by molar-refractivity contribution is 0.264. The van der Waals surface area contributed by atoms with E-state index in [1.807, 2.05) is 18.2 Å². The molecule has 1 fully saturated rings. The fourth-order valence-corrected chi connectivity index (χ4v) is 2.21. The molecule has 0 bridgehead atoms. The standard InChI is InChI=1S/C13H21N3O/c1-16-5-3-11(4-6-16)15-12-7-10(14)8-13(9-12)17-2/h7-9,11,15H,3-6,14H2,1-2H3. The van der Waals surface area contributed by atoms with Gasteiger partial charge in [0.25, 0.3) is 0 Å². The van der Waals surface area contributed by atoms with E-state index >= 15 is 0 Å². The second-order valence-electron chi connectivity index (χ2n) is 4.72. The highest BCUT2D eigenvalue weighted by Gasteiger charge is 2.16. The van der Waals surface area contributed by atoms with Crippen LogP contribution in [0.4, 0.5) is 11.4 Å². The summed E-state index contributed by atoms with van der Waals surface area (Å²) in [6.45, 7) is 2.30. The van der Waals surface area contributed by atoms with Crippen LogP contribution in [0, 0.1) is 0 Å². The number of benzene rings is 1. The summed E-state index contributed by atoms with van der Waals surface area (Å²) in [5.74, 6) is 0.806. The first-order chi connectivity index (χ1) is 8.17. The Morgan fingerprint density at radius 1 is 1.29 bits per heavy atom. The number of hydrogen-bond acceptors (Lipinski definition) is 4. The Balaban J connectivity index is 2.00. The van der Waals surface area contributed by atoms with Gasteiger partial charge in [0.15, 0.2) is 0 Å². The Kier molecular flexibility index (Phi) is 3.74. The molecule has 1 saturated heterocycles. The van der Waals surface area contributed by atoms with Crippen LogP contribution in [0.5, 0.6) is 5.75 Å². The van der Waals surface area contributed by atoms with E-state index in [2.05, 4.69) is 17.3 Å². The van der Waals surface area contributed by atoms with Crippen LogP contribution in [0.3, 0.4) is 0 Å². The molecule has 94 valence electrons. The van der Waals surface area contributed by atoms with Crippen LogP contribution in [-0.4, -0.2) is 38.2 Å². The molecule has 0 aromatic heterocycles. The first kappa shape index (κ1) is 12.0. The highest BCUT2D eigenvalue weighted by molar-refractivity contribution is 5.59. The number of nitrogens with two attached hydrogens (primary N) is 1. The van der Waals surface area contributed by atoms with Crippen LogP contribution in [0.1, 0.15) is 12.8 Å². The molecule has 17 heavy (non-hydrogen) atoms. The molecule has 3 N–H and O–H groups in total. The van der Waals surface area contributed by atoms with Gasteiger partial charge in [-0.3, -0.25) is 0 Å². The Hall–Kier alpha value is -1.42. The summed E-state index contributed by atoms with van der Waals surface area (Å²) in [5, 5.41) is 3.53. The zero-order valence-corrected chi connectivity index (χ0v) is 10.6. The van der Waals surface area contributed by atoms with Gasteiger partial charge in [-0.25, -0.2) is 0 Å². The molecule has 0 amide bonds. The van der Waals surface area contributed by atoms with Crippen molar-refractivity contribution in [1.29, 1.82) is 0 Å². The van der Waals surface area contributed by atoms with E-state index in [1.54, 1.807) is 7.11 Å². The fourth-order valence-electron chi connectivity index (χ4n) is 2.21. The van der Waals surface area contributed by atoms with E-state index in [9.17, 15) is 0 Å². The fraction of sp³-hybridized carbons (Fsp3) is 0.538. The number of rotatable bonds is 3. The molecule has 4 nitrogen and oxygen atoms in total. The van der Waals surface area contributed by atoms with Crippen LogP contribution in [0.25, 0.3) is 0 Å². The smallest absolute Gasteiger partial charge is 0.122 e. The average Bonchev–Trinajstić information content (AvgIpc) is 2.31. The number of hydrogen-bond donors (Lipinski definition) is 2. The van der Waals surface area contributed by atoms with E-state index in [1.165, 1.54) is 12.8 Å². The van der Waals surface area contributed by atoms with Crippen LogP contribution >= 0.6 is 0 Å². The van der Waals surface area contributed by atoms with E-state index in [0.717, 1.165) is 30.2 Å². The maximum absolute atomic E-state index is 5.83. The molecule has 0 saturated carbocycles. The summed E-state index contributed by atoms with van der Waals surface area (Å²) in [5.41, 5.74) is 7.62. The minimum atomic E-state index is 0.540. The molecule has 0 unspecified atom stereocenters. The molecule has 2 rings (SSSR count). The molecular formula is C13H21N3O. The molecule has 1 aliphatic rings. The Labute approximate surface area is 103 Å². The van der Waals surface area contributed by atoms with Crippen molar-refractivity contribution < 1.29 is 4.74 Å². The summed E-state index contributed by atoms with van der Waals surface area (Å²) in [4.78, 5) is 2.36. The zero-order chi connectivity index (χ0) is 12.3. The number of nitrogens with one attached hydrogen (secondary N) is 1. The quantitative estimate of drug-likeness (QED) is 0.784. The molecule has 1 aromatic rings. The normalized spacial score (nSPS) is 18.0. The zero-order valence-electron chi connectivity index (χ0n) is 10.6. The number of nitrogen functional groups attached to an aromatic ring is 1. The Bertz CT molecular complexity index is 373. The lowest BCUT2D eigenvalue weighted by Crippen LogP contribution is -2.36. The van der Waals surface area contributed by atoms with Crippen molar-refractivity contribution in [3.05, 3.63) is 18.2 Å². The van der Waals surface area contributed by atoms with Crippen molar-refractivity contribution in [3.63, 3.8) is 0 Å². The number of anilines is 2. The SMILES string of the molecule is COc1cc(N)cc(NC2CCN(C)CC2)c1. The Morgan fingerprint density at radius 3 is 2.65 bits per heavy atom. The summed E-state index contributed by atoms with van der Waals surface area (Å²) >= 11 is 0. The van der Waals surface area contributed by atoms with Crippen molar-refractivity contribution in [2.45, 2.75) is 18.9 Å². The van der Waals surface area contributed by atoms with Crippen LogP contribution in [0.2, 0.25) is 0 Å². The number of methoxy groups -OCH3 is 1. The molecule has 0 aliphatic carbocycles. The summed E-state index contributed by atoms with van der Waals surface area (Å²) in [6, 6.07) is 6.33. The largest absolute Gasteiger partial charge is 0.497 e. The summed E-state index contributed by atoms with van der Waals surface area (Å²) in [6.07, 6.45) is 2.35. The van der Waals surface area contributed by atoms with Gasteiger partial charge in [-0.1, -0.05) is 0 Å². The van der Waals surface area contributed by atoms with E-state index in [-0.39, 0.29) is 0 Å². The maximum Gasteiger partial charge on any atom is 0.122 e. The third-order valence-corrected chi connectivity index (χ3v) is 3.25. The third kappa shape index (κ3) is 3.27. The van der Waals surface area contributed by atoms with Crippen molar-refractivity contribution in [1.82, 2.24) is 4.90 Å². The monoisotopic (exact) mass is 235 g/mol. The number of nitrogens with zero attached hydrogens (tertiary/aromatic N) is 1. The van der Waals surface area contributed by atoms with Crippen molar-refractivity contribution in [2.24, 2.45) is 0 Å². The summed E-state index contributed by atoms with van der Waals surface area (Å²) < 4.78 is 5.21. The molecule has 1 heterocycles. The van der Waals surface area contributed by atoms with Gasteiger partial charge in [-0.15, -0.1) is 0 Å². The van der Waals surface area contributed by atoms with E-state index < -0.39 is 0 Å². The molecule has 4 heteroatoms. The Morgan fingerprint density at radius 2 is 2.00 bits per heavy atom. The number of likely N-dealkylation sites (tertiary alicyclic amines) is 1. The van der Waals surface area contributed by atoms with Gasteiger partial charge >= 0.3 is 0 Å². The summed E-state index contributed by atoms with van der Waals surface area (Å²) in [7, 11) is 3.83. The first-order valence-electron chi connectivity index (χ1n) is 6.07. The second kappa shape index (κ2) is 5.27. The minimum absolute atomic E-state index is 0.540. The molecular weight excluding hydrogens is 214 g/mol. The molecule has 0 atom stereocenters. The number of piperidine rings is 1. The molecule has 0 spiro atoms. The predicted molar refractivity (Wildman–Crippen MR) is 71.5 cm³/mol. The van der Waals surface area contributed by atoms with Crippen molar-refractivity contribution in [3.8, 4) is 5.75 Å². The molecule has 1 aliphatic heterocycles. The van der Waals surface area contributed by atoms with Gasteiger partial charge in [-0.05, 0) is 39.0 Å². The van der Waals surface area contributed by atoms with Gasteiger partial charge in [0.1, 0.15) is 5.75 Å². The predicted octanol–water partition coefficient (Wildman–Crippen LogP) is 1.78. The minimum Gasteiger partial charge on any atom is -0.497 e. The maximum atomic E-state index is 5.83. The van der Waals surface area contributed by atoms with Gasteiger partial charge < -0.3 is 20.7 Å². The van der Waals surface area contributed by atoms with Gasteiger partial charge in [0.05, 0.1) is 7.11 Å². The van der Waals surface area contributed by atoms with Gasteiger partial charge in [0, 0.05) is 29.5 Å². The van der Waals surface area contributed by atoms with Crippen LogP contribution in [-0.2, 0) is 0 Å². The highest BCUT2D eigenvalue weighted by Crippen LogP contribution is 2.24. The lowest BCUT2D eigenvalue weighted by Gasteiger charge is -2.30. The lowest BCUT2D eigenvalue weighted by atomic mass is 10.1.